The van der Waals surface area contributed by atoms with Crippen LogP contribution >= 0.6 is 15.9 Å². The van der Waals surface area contributed by atoms with Gasteiger partial charge in [0.15, 0.2) is 0 Å². The quantitative estimate of drug-likeness (QED) is 0.903. The summed E-state index contributed by atoms with van der Waals surface area (Å²) in [5.41, 5.74) is 0.0554. The van der Waals surface area contributed by atoms with Crippen LogP contribution in [0.3, 0.4) is 0 Å². The lowest BCUT2D eigenvalue weighted by molar-refractivity contribution is -0.137. The van der Waals surface area contributed by atoms with Crippen LogP contribution in [0.25, 0.3) is 0 Å². The average Bonchev–Trinajstić information content (AvgIpc) is 2.77. The van der Waals surface area contributed by atoms with E-state index < -0.39 is 11.7 Å². The second-order valence-electron chi connectivity index (χ2n) is 3.62. The van der Waals surface area contributed by atoms with Gasteiger partial charge in [0.1, 0.15) is 0 Å². The number of aromatic nitrogens is 2. The Kier molecular flexibility index (Phi) is 3.60. The smallest absolute Gasteiger partial charge is 0.379 e. The van der Waals surface area contributed by atoms with Crippen molar-refractivity contribution >= 4 is 21.6 Å². The molecular formula is C11H9BrF3N3. The van der Waals surface area contributed by atoms with Crippen LogP contribution in [0.1, 0.15) is 11.3 Å². The molecule has 96 valence electrons. The van der Waals surface area contributed by atoms with Crippen molar-refractivity contribution in [2.24, 2.45) is 0 Å². The lowest BCUT2D eigenvalue weighted by Gasteiger charge is -2.14. The minimum Gasteiger partial charge on any atom is -0.379 e. The van der Waals surface area contributed by atoms with Crippen molar-refractivity contribution in [1.82, 2.24) is 9.97 Å². The molecule has 0 fully saturated rings. The van der Waals surface area contributed by atoms with Gasteiger partial charge < -0.3 is 10.3 Å². The van der Waals surface area contributed by atoms with Crippen LogP contribution in [-0.4, -0.2) is 9.97 Å². The van der Waals surface area contributed by atoms with Crippen molar-refractivity contribution in [2.75, 3.05) is 5.32 Å². The molecule has 3 nitrogen and oxygen atoms in total. The third kappa shape index (κ3) is 3.04. The molecule has 2 rings (SSSR count). The van der Waals surface area contributed by atoms with Crippen molar-refractivity contribution in [3.05, 3.63) is 46.5 Å². The van der Waals surface area contributed by atoms with Crippen LogP contribution in [0.2, 0.25) is 0 Å². The van der Waals surface area contributed by atoms with Crippen molar-refractivity contribution < 1.29 is 13.2 Å². The van der Waals surface area contributed by atoms with Gasteiger partial charge in [-0.15, -0.1) is 0 Å². The first-order valence-electron chi connectivity index (χ1n) is 5.04. The van der Waals surface area contributed by atoms with E-state index in [0.29, 0.717) is 10.2 Å². The van der Waals surface area contributed by atoms with E-state index >= 15 is 0 Å². The summed E-state index contributed by atoms with van der Waals surface area (Å²) in [7, 11) is 0. The normalized spacial score (nSPS) is 11.6. The van der Waals surface area contributed by atoms with Gasteiger partial charge in [-0.25, -0.2) is 4.98 Å². The number of alkyl halides is 3. The van der Waals surface area contributed by atoms with Gasteiger partial charge in [-0.3, -0.25) is 0 Å². The van der Waals surface area contributed by atoms with Crippen LogP contribution < -0.4 is 5.32 Å². The predicted molar refractivity (Wildman–Crippen MR) is 65.1 cm³/mol. The van der Waals surface area contributed by atoms with Gasteiger partial charge >= 0.3 is 6.18 Å². The number of aromatic amines is 1. The van der Waals surface area contributed by atoms with Crippen LogP contribution in [-0.2, 0) is 12.7 Å². The van der Waals surface area contributed by atoms with E-state index in [4.69, 9.17) is 0 Å². The monoisotopic (exact) mass is 319 g/mol. The van der Waals surface area contributed by atoms with Gasteiger partial charge in [0.2, 0.25) is 0 Å². The first-order chi connectivity index (χ1) is 8.47. The van der Waals surface area contributed by atoms with Crippen molar-refractivity contribution in [3.8, 4) is 0 Å². The largest absolute Gasteiger partial charge is 0.418 e. The third-order valence-corrected chi connectivity index (χ3v) is 2.80. The molecule has 0 spiro atoms. The van der Waals surface area contributed by atoms with E-state index in [9.17, 15) is 13.2 Å². The maximum Gasteiger partial charge on any atom is 0.418 e. The van der Waals surface area contributed by atoms with Crippen LogP contribution in [0, 0.1) is 0 Å². The zero-order valence-corrected chi connectivity index (χ0v) is 10.6. The predicted octanol–water partition coefficient (Wildman–Crippen LogP) is 3.80. The van der Waals surface area contributed by atoms with E-state index in [1.165, 1.54) is 18.5 Å². The van der Waals surface area contributed by atoms with E-state index in [1.54, 1.807) is 6.20 Å². The van der Waals surface area contributed by atoms with Gasteiger partial charge in [-0.2, -0.15) is 13.2 Å². The van der Waals surface area contributed by atoms with Gasteiger partial charge in [-0.05, 0) is 18.2 Å². The lowest BCUT2D eigenvalue weighted by Crippen LogP contribution is -2.11. The molecule has 7 heteroatoms. The Morgan fingerprint density at radius 2 is 2.11 bits per heavy atom. The molecule has 1 heterocycles. The molecule has 0 atom stereocenters. The standard InChI is InChI=1S/C11H9BrF3N3/c12-7-1-2-9(11(13,14)15)10(3-7)17-5-8-4-16-6-18-8/h1-4,6,17H,5H2,(H,16,18). The molecular weight excluding hydrogens is 311 g/mol. The second-order valence-corrected chi connectivity index (χ2v) is 4.53. The summed E-state index contributed by atoms with van der Waals surface area (Å²) in [6.07, 6.45) is -1.35. The highest BCUT2D eigenvalue weighted by molar-refractivity contribution is 9.10. The first-order valence-corrected chi connectivity index (χ1v) is 5.84. The Labute approximate surface area is 110 Å². The van der Waals surface area contributed by atoms with Gasteiger partial charge in [0, 0.05) is 16.4 Å². The molecule has 1 aromatic heterocycles. The molecule has 2 N–H and O–H groups in total. The molecule has 0 bridgehead atoms. The molecule has 0 radical (unpaired) electrons. The molecule has 18 heavy (non-hydrogen) atoms. The number of nitrogens with one attached hydrogen (secondary N) is 2. The maximum atomic E-state index is 12.8. The molecule has 0 aliphatic carbocycles. The number of halogens is 4. The minimum atomic E-state index is -4.38. The maximum absolute atomic E-state index is 12.8. The van der Waals surface area contributed by atoms with Crippen LogP contribution in [0.5, 0.6) is 0 Å². The highest BCUT2D eigenvalue weighted by atomic mass is 79.9. The summed E-state index contributed by atoms with van der Waals surface area (Å²) < 4.78 is 38.9. The summed E-state index contributed by atoms with van der Waals surface area (Å²) in [5, 5.41) is 2.74. The SMILES string of the molecule is FC(F)(F)c1ccc(Br)cc1NCc1cnc[nH]1. The van der Waals surface area contributed by atoms with E-state index in [2.05, 4.69) is 31.2 Å². The summed E-state index contributed by atoms with van der Waals surface area (Å²) >= 11 is 3.15. The summed E-state index contributed by atoms with van der Waals surface area (Å²) in [6, 6.07) is 3.81. The Hall–Kier alpha value is -1.50. The fraction of sp³-hybridized carbons (Fsp3) is 0.182. The number of imidazole rings is 1. The molecule has 0 aliphatic rings. The van der Waals surface area contributed by atoms with Crippen LogP contribution in [0.4, 0.5) is 18.9 Å². The first kappa shape index (κ1) is 12.9. The number of hydrogen-bond donors (Lipinski definition) is 2. The van der Waals surface area contributed by atoms with E-state index in [0.717, 1.165) is 6.07 Å². The molecule has 0 aliphatic heterocycles. The average molecular weight is 320 g/mol. The molecule has 1 aromatic carbocycles. The molecule has 0 saturated heterocycles. The summed E-state index contributed by atoms with van der Waals surface area (Å²) in [4.78, 5) is 6.61. The second kappa shape index (κ2) is 5.01. The van der Waals surface area contributed by atoms with Crippen molar-refractivity contribution in [2.45, 2.75) is 12.7 Å². The van der Waals surface area contributed by atoms with E-state index in [-0.39, 0.29) is 12.2 Å². The van der Waals surface area contributed by atoms with Gasteiger partial charge in [0.25, 0.3) is 0 Å². The Balaban J connectivity index is 2.23. The Bertz CT molecular complexity index is 523. The minimum absolute atomic E-state index is 0.0338. The van der Waals surface area contributed by atoms with Crippen molar-refractivity contribution in [3.63, 3.8) is 0 Å². The number of anilines is 1. The molecule has 0 saturated carbocycles. The van der Waals surface area contributed by atoms with Gasteiger partial charge in [-0.1, -0.05) is 15.9 Å². The van der Waals surface area contributed by atoms with E-state index in [1.807, 2.05) is 0 Å². The zero-order valence-electron chi connectivity index (χ0n) is 9.05. The highest BCUT2D eigenvalue weighted by Gasteiger charge is 2.33. The lowest BCUT2D eigenvalue weighted by atomic mass is 10.1. The topological polar surface area (TPSA) is 40.7 Å². The molecule has 2 aromatic rings. The third-order valence-electron chi connectivity index (χ3n) is 2.31. The fourth-order valence-electron chi connectivity index (χ4n) is 1.48. The number of nitrogens with zero attached hydrogens (tertiary/aromatic N) is 1. The number of hydrogen-bond acceptors (Lipinski definition) is 2. The highest BCUT2D eigenvalue weighted by Crippen LogP contribution is 2.36. The summed E-state index contributed by atoms with van der Waals surface area (Å²) in [5.74, 6) is 0. The van der Waals surface area contributed by atoms with Gasteiger partial charge in [0.05, 0.1) is 24.1 Å². The molecule has 0 unspecified atom stereocenters. The molecule has 0 amide bonds. The fourth-order valence-corrected chi connectivity index (χ4v) is 1.84. The zero-order chi connectivity index (χ0) is 13.2. The Morgan fingerprint density at radius 1 is 1.33 bits per heavy atom. The summed E-state index contributed by atoms with van der Waals surface area (Å²) in [6.45, 7) is 0.250. The van der Waals surface area contributed by atoms with Crippen molar-refractivity contribution in [1.29, 1.82) is 0 Å². The number of H-pyrrole nitrogens is 1. The number of benzene rings is 1. The van der Waals surface area contributed by atoms with Crippen LogP contribution in [0.15, 0.2) is 35.2 Å². The number of rotatable bonds is 3. The Morgan fingerprint density at radius 3 is 2.72 bits per heavy atom.